The summed E-state index contributed by atoms with van der Waals surface area (Å²) in [6, 6.07) is 10.6. The fourth-order valence-electron chi connectivity index (χ4n) is 3.03. The fourth-order valence-corrected chi connectivity index (χ4v) is 4.91. The van der Waals surface area contributed by atoms with E-state index in [9.17, 15) is 22.5 Å². The number of hydrogen-bond donors (Lipinski definition) is 3. The highest BCUT2D eigenvalue weighted by Gasteiger charge is 2.28. The number of halogens is 1. The van der Waals surface area contributed by atoms with Crippen molar-refractivity contribution in [2.45, 2.75) is 18.4 Å². The number of carbonyl (C=O) groups is 1. The van der Waals surface area contributed by atoms with Crippen molar-refractivity contribution < 1.29 is 31.3 Å². The van der Waals surface area contributed by atoms with Gasteiger partial charge in [-0.3, -0.25) is 4.79 Å². The van der Waals surface area contributed by atoms with Gasteiger partial charge in [0.25, 0.3) is 0 Å². The third kappa shape index (κ3) is 4.59. The van der Waals surface area contributed by atoms with Gasteiger partial charge < -0.3 is 23.7 Å². The van der Waals surface area contributed by atoms with Crippen LogP contribution in [-0.2, 0) is 32.5 Å². The van der Waals surface area contributed by atoms with E-state index in [-0.39, 0.29) is 32.6 Å². The maximum absolute atomic E-state index is 13.1. The van der Waals surface area contributed by atoms with Crippen LogP contribution in [0.15, 0.2) is 47.4 Å². The number of nitrogens with one attached hydrogen (secondary N) is 1. The lowest BCUT2D eigenvalue weighted by Gasteiger charge is -2.09. The van der Waals surface area contributed by atoms with Gasteiger partial charge in [-0.05, 0) is 37.3 Å². The van der Waals surface area contributed by atoms with Crippen LogP contribution in [0.25, 0.3) is 10.9 Å². The third-order valence-electron chi connectivity index (χ3n) is 4.24. The number of carboxylic acids is 1. The van der Waals surface area contributed by atoms with Crippen LogP contribution in [0.1, 0.15) is 5.69 Å². The first-order chi connectivity index (χ1) is 14.1. The van der Waals surface area contributed by atoms with E-state index in [0.717, 1.165) is 0 Å². The Morgan fingerprint density at radius 2 is 1.97 bits per heavy atom. The molecule has 3 aromatic rings. The van der Waals surface area contributed by atoms with Crippen LogP contribution >= 0.6 is 11.6 Å². The second-order valence-corrected chi connectivity index (χ2v) is 9.06. The summed E-state index contributed by atoms with van der Waals surface area (Å²) in [6.45, 7) is 1.01. The maximum Gasteiger partial charge on any atom is 0.341 e. The predicted octanol–water partition coefficient (Wildman–Crippen LogP) is 3.05. The molecule has 0 amide bonds. The third-order valence-corrected chi connectivity index (χ3v) is 6.36. The molecule has 1 aromatic heterocycles. The van der Waals surface area contributed by atoms with Gasteiger partial charge in [0.15, 0.2) is 16.8 Å². The molecular formula is C18H17ClN2O7S2. The van der Waals surface area contributed by atoms with E-state index in [1.807, 2.05) is 0 Å². The minimum Gasteiger partial charge on any atom is -0.480 e. The largest absolute Gasteiger partial charge is 0.480 e. The Labute approximate surface area is 179 Å². The van der Waals surface area contributed by atoms with Gasteiger partial charge in [-0.25, -0.2) is 4.21 Å². The van der Waals surface area contributed by atoms with E-state index in [1.165, 1.54) is 35.8 Å². The molecule has 3 N–H and O–H groups in total. The molecule has 1 heterocycles. The molecule has 0 aliphatic rings. The van der Waals surface area contributed by atoms with Crippen molar-refractivity contribution in [1.82, 2.24) is 4.57 Å². The summed E-state index contributed by atoms with van der Waals surface area (Å²) in [5.74, 6) is -1.48. The highest BCUT2D eigenvalue weighted by Crippen LogP contribution is 2.35. The Hall–Kier alpha value is -2.60. The smallest absolute Gasteiger partial charge is 0.341 e. The van der Waals surface area contributed by atoms with Crippen LogP contribution in [0, 0.1) is 6.92 Å². The van der Waals surface area contributed by atoms with Gasteiger partial charge >= 0.3 is 16.1 Å². The molecule has 9 nitrogen and oxygen atoms in total. The molecular weight excluding hydrogens is 456 g/mol. The molecule has 0 bridgehead atoms. The Balaban J connectivity index is 2.18. The summed E-state index contributed by atoms with van der Waals surface area (Å²) in [5, 5.41) is 12.3. The minimum atomic E-state index is -4.39. The second-order valence-electron chi connectivity index (χ2n) is 6.24. The number of aliphatic carboxylic acids is 1. The van der Waals surface area contributed by atoms with Crippen molar-refractivity contribution in [2.75, 3.05) is 11.2 Å². The molecule has 12 heteroatoms. The molecule has 1 unspecified atom stereocenters. The topological polar surface area (TPSA) is 135 Å². The van der Waals surface area contributed by atoms with Crippen molar-refractivity contribution in [3.63, 3.8) is 0 Å². The highest BCUT2D eigenvalue weighted by atomic mass is 35.5. The van der Waals surface area contributed by atoms with Crippen LogP contribution in [-0.4, -0.2) is 38.7 Å². The summed E-state index contributed by atoms with van der Waals surface area (Å²) >= 11 is 3.90. The normalized spacial score (nSPS) is 12.6. The Morgan fingerprint density at radius 1 is 1.27 bits per heavy atom. The first kappa shape index (κ1) is 22.1. The van der Waals surface area contributed by atoms with E-state index >= 15 is 0 Å². The van der Waals surface area contributed by atoms with Crippen molar-refractivity contribution in [3.8, 4) is 5.75 Å². The quantitative estimate of drug-likeness (QED) is 0.336. The zero-order valence-electron chi connectivity index (χ0n) is 15.5. The molecule has 1 atom stereocenters. The van der Waals surface area contributed by atoms with Crippen LogP contribution < -0.4 is 9.50 Å². The number of carboxylic acid groups (broad SMARTS) is 1. The van der Waals surface area contributed by atoms with Gasteiger partial charge in [0.05, 0.1) is 10.5 Å². The van der Waals surface area contributed by atoms with Crippen molar-refractivity contribution in [2.24, 2.45) is 0 Å². The molecule has 160 valence electrons. The van der Waals surface area contributed by atoms with E-state index in [4.69, 9.17) is 20.3 Å². The van der Waals surface area contributed by atoms with Gasteiger partial charge in [-0.15, -0.1) is 0 Å². The Kier molecular flexibility index (Phi) is 6.36. The SMILES string of the molecule is Cc1c(S(=O)(=O)Oc2ccccc2Cl)c2cc(NCS(=O)O)ccc2n1CC(=O)O. The van der Waals surface area contributed by atoms with E-state index < -0.39 is 33.7 Å². The van der Waals surface area contributed by atoms with Crippen LogP contribution in [0.3, 0.4) is 0 Å². The number of nitrogens with zero attached hydrogens (tertiary/aromatic N) is 1. The van der Waals surface area contributed by atoms with Gasteiger partial charge in [0.1, 0.15) is 17.3 Å². The standard InChI is InChI=1S/C18H17ClN2O7S2/c1-11-18(30(26,27)28-16-5-3-2-4-14(16)19)13-8-12(20-10-29(24)25)6-7-15(13)21(11)9-17(22)23/h2-8,20H,9-10H2,1H3,(H,22,23)(H,24,25). The van der Waals surface area contributed by atoms with Gasteiger partial charge in [-0.2, -0.15) is 8.42 Å². The number of anilines is 1. The second kappa shape index (κ2) is 8.64. The van der Waals surface area contributed by atoms with Crippen molar-refractivity contribution in [1.29, 1.82) is 0 Å². The number of benzene rings is 2. The zero-order chi connectivity index (χ0) is 22.1. The van der Waals surface area contributed by atoms with Gasteiger partial charge in [0.2, 0.25) is 0 Å². The molecule has 30 heavy (non-hydrogen) atoms. The lowest BCUT2D eigenvalue weighted by molar-refractivity contribution is -0.137. The average molecular weight is 473 g/mol. The zero-order valence-corrected chi connectivity index (χ0v) is 17.9. The lowest BCUT2D eigenvalue weighted by Crippen LogP contribution is -2.14. The number of fused-ring (bicyclic) bond motifs is 1. The first-order valence-electron chi connectivity index (χ1n) is 8.45. The fraction of sp³-hybridized carbons (Fsp3) is 0.167. The van der Waals surface area contributed by atoms with Crippen LogP contribution in [0.4, 0.5) is 5.69 Å². The number of rotatable bonds is 8. The first-order valence-corrected chi connectivity index (χ1v) is 11.5. The molecule has 0 spiro atoms. The maximum atomic E-state index is 13.1. The molecule has 0 saturated carbocycles. The molecule has 3 rings (SSSR count). The van der Waals surface area contributed by atoms with E-state index in [2.05, 4.69) is 5.32 Å². The van der Waals surface area contributed by atoms with Crippen LogP contribution in [0.2, 0.25) is 5.02 Å². The number of hydrogen-bond acceptors (Lipinski definition) is 6. The van der Waals surface area contributed by atoms with E-state index in [0.29, 0.717) is 11.2 Å². The highest BCUT2D eigenvalue weighted by molar-refractivity contribution is 7.87. The predicted molar refractivity (Wildman–Crippen MR) is 113 cm³/mol. The lowest BCUT2D eigenvalue weighted by atomic mass is 10.2. The number of aromatic nitrogens is 1. The summed E-state index contributed by atoms with van der Waals surface area (Å²) in [4.78, 5) is 11.1. The summed E-state index contributed by atoms with van der Waals surface area (Å²) in [7, 11) is -4.39. The van der Waals surface area contributed by atoms with Crippen LogP contribution in [0.5, 0.6) is 5.75 Å². The molecule has 0 aliphatic carbocycles. The average Bonchev–Trinajstić information content (AvgIpc) is 2.93. The molecule has 2 aromatic carbocycles. The summed E-state index contributed by atoms with van der Waals surface area (Å²) in [5.41, 5.74) is 0.904. The van der Waals surface area contributed by atoms with Crippen molar-refractivity contribution in [3.05, 3.63) is 53.2 Å². The monoisotopic (exact) mass is 472 g/mol. The summed E-state index contributed by atoms with van der Waals surface area (Å²) < 4.78 is 52.7. The molecule has 0 aliphatic heterocycles. The minimum absolute atomic E-state index is 0.0670. The van der Waals surface area contributed by atoms with Gasteiger partial charge in [0, 0.05) is 16.8 Å². The van der Waals surface area contributed by atoms with Crippen molar-refractivity contribution >= 4 is 55.4 Å². The molecule has 0 fully saturated rings. The van der Waals surface area contributed by atoms with Gasteiger partial charge in [-0.1, -0.05) is 23.7 Å². The Morgan fingerprint density at radius 3 is 2.60 bits per heavy atom. The molecule has 0 saturated heterocycles. The Bertz CT molecular complexity index is 1250. The summed E-state index contributed by atoms with van der Waals surface area (Å²) in [6.07, 6.45) is 0. The number of para-hydroxylation sites is 1. The molecule has 0 radical (unpaired) electrons. The van der Waals surface area contributed by atoms with E-state index in [1.54, 1.807) is 18.2 Å².